The van der Waals surface area contributed by atoms with E-state index in [1.165, 1.54) is 12.5 Å². The summed E-state index contributed by atoms with van der Waals surface area (Å²) in [6, 6.07) is 5.17. The number of hydrogen-bond donors (Lipinski definition) is 0. The number of likely N-dealkylation sites (tertiary alicyclic amines) is 2. The highest BCUT2D eigenvalue weighted by Crippen LogP contribution is 2.25. The predicted octanol–water partition coefficient (Wildman–Crippen LogP) is 4.50. The van der Waals surface area contributed by atoms with Crippen LogP contribution in [0.2, 0.25) is 10.0 Å². The Bertz CT molecular complexity index is 727. The number of benzene rings is 1. The lowest BCUT2D eigenvalue weighted by atomic mass is 9.92. The van der Waals surface area contributed by atoms with E-state index in [2.05, 4.69) is 6.92 Å². The third kappa shape index (κ3) is 5.26. The van der Waals surface area contributed by atoms with Gasteiger partial charge in [-0.25, -0.2) is 0 Å². The minimum Gasteiger partial charge on any atom is -0.342 e. The van der Waals surface area contributed by atoms with Crippen LogP contribution < -0.4 is 0 Å². The SMILES string of the molecule is CC1CCCN(C(=O)C2CCN(C(=O)/C=C/c3cc(Cl)ccc3Cl)CC2)C1. The van der Waals surface area contributed by atoms with Crippen molar-refractivity contribution in [3.05, 3.63) is 39.9 Å². The summed E-state index contributed by atoms with van der Waals surface area (Å²) in [6.07, 6.45) is 7.01. The Morgan fingerprint density at radius 2 is 1.81 bits per heavy atom. The molecule has 2 saturated heterocycles. The Balaban J connectivity index is 1.52. The van der Waals surface area contributed by atoms with E-state index in [4.69, 9.17) is 23.2 Å². The van der Waals surface area contributed by atoms with Gasteiger partial charge in [0.05, 0.1) is 0 Å². The summed E-state index contributed by atoms with van der Waals surface area (Å²) in [6.45, 7) is 5.20. The van der Waals surface area contributed by atoms with Crippen LogP contribution in [0.4, 0.5) is 0 Å². The lowest BCUT2D eigenvalue weighted by Crippen LogP contribution is -2.46. The molecule has 0 aromatic heterocycles. The van der Waals surface area contributed by atoms with E-state index in [0.29, 0.717) is 29.1 Å². The molecule has 0 saturated carbocycles. The summed E-state index contributed by atoms with van der Waals surface area (Å²) < 4.78 is 0. The topological polar surface area (TPSA) is 40.6 Å². The Labute approximate surface area is 171 Å². The average molecular weight is 409 g/mol. The lowest BCUT2D eigenvalue weighted by Gasteiger charge is -2.37. The maximum absolute atomic E-state index is 12.7. The second kappa shape index (κ2) is 9.11. The van der Waals surface area contributed by atoms with E-state index in [-0.39, 0.29) is 17.7 Å². The van der Waals surface area contributed by atoms with Gasteiger partial charge < -0.3 is 9.80 Å². The van der Waals surface area contributed by atoms with Crippen LogP contribution in [0.15, 0.2) is 24.3 Å². The summed E-state index contributed by atoms with van der Waals surface area (Å²) in [5.74, 6) is 0.858. The summed E-state index contributed by atoms with van der Waals surface area (Å²) in [5.41, 5.74) is 0.724. The van der Waals surface area contributed by atoms with Crippen molar-refractivity contribution in [2.45, 2.75) is 32.6 Å². The Kier molecular flexibility index (Phi) is 6.83. The van der Waals surface area contributed by atoms with E-state index in [1.807, 2.05) is 4.90 Å². The van der Waals surface area contributed by atoms with Gasteiger partial charge >= 0.3 is 0 Å². The van der Waals surface area contributed by atoms with Crippen molar-refractivity contribution in [3.8, 4) is 0 Å². The van der Waals surface area contributed by atoms with E-state index >= 15 is 0 Å². The highest BCUT2D eigenvalue weighted by atomic mass is 35.5. The molecule has 2 heterocycles. The van der Waals surface area contributed by atoms with Crippen molar-refractivity contribution in [2.75, 3.05) is 26.2 Å². The van der Waals surface area contributed by atoms with Gasteiger partial charge in [-0.15, -0.1) is 0 Å². The Morgan fingerprint density at radius 1 is 1.07 bits per heavy atom. The predicted molar refractivity (Wildman–Crippen MR) is 110 cm³/mol. The van der Waals surface area contributed by atoms with Crippen molar-refractivity contribution in [1.82, 2.24) is 9.80 Å². The first kappa shape index (κ1) is 20.2. The van der Waals surface area contributed by atoms with E-state index in [1.54, 1.807) is 29.2 Å². The number of rotatable bonds is 3. The van der Waals surface area contributed by atoms with Gasteiger partial charge in [-0.1, -0.05) is 30.1 Å². The molecule has 146 valence electrons. The Morgan fingerprint density at radius 3 is 2.52 bits per heavy atom. The summed E-state index contributed by atoms with van der Waals surface area (Å²) >= 11 is 12.1. The first-order chi connectivity index (χ1) is 12.9. The fourth-order valence-electron chi connectivity index (χ4n) is 3.90. The van der Waals surface area contributed by atoms with Crippen LogP contribution in [-0.2, 0) is 9.59 Å². The molecule has 2 aliphatic rings. The maximum atomic E-state index is 12.7. The number of hydrogen-bond acceptors (Lipinski definition) is 2. The monoisotopic (exact) mass is 408 g/mol. The zero-order valence-corrected chi connectivity index (χ0v) is 17.2. The molecule has 2 aliphatic heterocycles. The van der Waals surface area contributed by atoms with Crippen molar-refractivity contribution >= 4 is 41.1 Å². The fourth-order valence-corrected chi connectivity index (χ4v) is 4.26. The molecule has 6 heteroatoms. The van der Waals surface area contributed by atoms with Crippen LogP contribution in [0.25, 0.3) is 6.08 Å². The van der Waals surface area contributed by atoms with E-state index in [9.17, 15) is 9.59 Å². The summed E-state index contributed by atoms with van der Waals surface area (Å²) in [4.78, 5) is 29.0. The second-order valence-electron chi connectivity index (χ2n) is 7.63. The van der Waals surface area contributed by atoms with Crippen molar-refractivity contribution < 1.29 is 9.59 Å². The molecule has 4 nitrogen and oxygen atoms in total. The first-order valence-corrected chi connectivity index (χ1v) is 10.4. The van der Waals surface area contributed by atoms with Gasteiger partial charge in [0.1, 0.15) is 0 Å². The summed E-state index contributed by atoms with van der Waals surface area (Å²) in [7, 11) is 0. The quantitative estimate of drug-likeness (QED) is 0.690. The number of amides is 2. The Hall–Kier alpha value is -1.52. The molecule has 2 amide bonds. The van der Waals surface area contributed by atoms with Gasteiger partial charge in [0, 0.05) is 48.2 Å². The van der Waals surface area contributed by atoms with Crippen LogP contribution in [0.1, 0.15) is 38.2 Å². The fraction of sp³-hybridized carbons (Fsp3) is 0.524. The molecule has 27 heavy (non-hydrogen) atoms. The molecule has 1 aromatic rings. The van der Waals surface area contributed by atoms with Crippen LogP contribution in [0, 0.1) is 11.8 Å². The van der Waals surface area contributed by atoms with Gasteiger partial charge in [0.15, 0.2) is 0 Å². The molecule has 3 rings (SSSR count). The van der Waals surface area contributed by atoms with Gasteiger partial charge in [-0.2, -0.15) is 0 Å². The van der Waals surface area contributed by atoms with Crippen LogP contribution in [0.3, 0.4) is 0 Å². The molecule has 0 N–H and O–H groups in total. The number of nitrogens with zero attached hydrogens (tertiary/aromatic N) is 2. The molecule has 1 atom stereocenters. The second-order valence-corrected chi connectivity index (χ2v) is 8.47. The molecule has 1 aromatic carbocycles. The lowest BCUT2D eigenvalue weighted by molar-refractivity contribution is -0.140. The normalized spacial score (nSPS) is 21.7. The molecular formula is C21H26Cl2N2O2. The van der Waals surface area contributed by atoms with Gasteiger partial charge in [0.2, 0.25) is 11.8 Å². The molecule has 0 bridgehead atoms. The highest BCUT2D eigenvalue weighted by Gasteiger charge is 2.31. The number of carbonyl (C=O) groups excluding carboxylic acids is 2. The van der Waals surface area contributed by atoms with Gasteiger partial charge in [-0.05, 0) is 61.4 Å². The van der Waals surface area contributed by atoms with Crippen molar-refractivity contribution in [2.24, 2.45) is 11.8 Å². The zero-order valence-electron chi connectivity index (χ0n) is 15.7. The largest absolute Gasteiger partial charge is 0.342 e. The molecular weight excluding hydrogens is 383 g/mol. The standard InChI is InChI=1S/C21H26Cl2N2O2/c1-15-3-2-10-25(14-15)21(27)16-8-11-24(12-9-16)20(26)7-4-17-13-18(22)5-6-19(17)23/h4-7,13,15-16H,2-3,8-12,14H2,1H3/b7-4+. The third-order valence-electron chi connectivity index (χ3n) is 5.49. The van der Waals surface area contributed by atoms with Crippen molar-refractivity contribution in [3.63, 3.8) is 0 Å². The summed E-state index contributed by atoms with van der Waals surface area (Å²) in [5, 5.41) is 1.14. The molecule has 2 fully saturated rings. The molecule has 1 unspecified atom stereocenters. The molecule has 0 spiro atoms. The van der Waals surface area contributed by atoms with Gasteiger partial charge in [0.25, 0.3) is 0 Å². The number of carbonyl (C=O) groups is 2. The molecule has 0 radical (unpaired) electrons. The molecule has 0 aliphatic carbocycles. The minimum absolute atomic E-state index is 0.0469. The highest BCUT2D eigenvalue weighted by molar-refractivity contribution is 6.34. The van der Waals surface area contributed by atoms with Gasteiger partial charge in [-0.3, -0.25) is 9.59 Å². The maximum Gasteiger partial charge on any atom is 0.246 e. The smallest absolute Gasteiger partial charge is 0.246 e. The average Bonchev–Trinajstić information content (AvgIpc) is 2.68. The van der Waals surface area contributed by atoms with E-state index < -0.39 is 0 Å². The van der Waals surface area contributed by atoms with Crippen LogP contribution >= 0.6 is 23.2 Å². The number of piperidine rings is 2. The third-order valence-corrected chi connectivity index (χ3v) is 6.07. The number of halogens is 2. The first-order valence-electron chi connectivity index (χ1n) is 9.65. The zero-order chi connectivity index (χ0) is 19.4. The van der Waals surface area contributed by atoms with E-state index in [0.717, 1.165) is 37.9 Å². The van der Waals surface area contributed by atoms with Crippen LogP contribution in [-0.4, -0.2) is 47.8 Å². The minimum atomic E-state index is -0.0523. The van der Waals surface area contributed by atoms with Crippen molar-refractivity contribution in [1.29, 1.82) is 0 Å². The van der Waals surface area contributed by atoms with Crippen LogP contribution in [0.5, 0.6) is 0 Å².